The fraction of sp³-hybridized carbons (Fsp3) is 0.364. The Balaban J connectivity index is 1.35. The molecule has 1 aromatic carbocycles. The highest BCUT2D eigenvalue weighted by atomic mass is 32.2. The number of nitrogens with zero attached hydrogens (tertiary/aromatic N) is 3. The topological polar surface area (TPSA) is 84.3 Å². The second-order valence-corrected chi connectivity index (χ2v) is 11.0. The molecule has 1 saturated heterocycles. The maximum atomic E-state index is 12.8. The molecule has 3 aromatic rings. The van der Waals surface area contributed by atoms with Gasteiger partial charge in [-0.3, -0.25) is 4.79 Å². The SMILES string of the molecule is O=C(Cc1ccc(S(=O)(=O)N2CCCCC2)s1)NCc1ccccc1Cn1ccnc1. The lowest BCUT2D eigenvalue weighted by atomic mass is 10.1. The zero-order valence-corrected chi connectivity index (χ0v) is 18.9. The number of imidazole rings is 1. The van der Waals surface area contributed by atoms with Crippen LogP contribution in [0.25, 0.3) is 0 Å². The number of thiophene rings is 1. The number of benzene rings is 1. The Hall–Kier alpha value is -2.49. The van der Waals surface area contributed by atoms with Crippen LogP contribution in [0.1, 0.15) is 35.3 Å². The van der Waals surface area contributed by atoms with E-state index < -0.39 is 10.0 Å². The van der Waals surface area contributed by atoms with Crippen LogP contribution in [0.15, 0.2) is 59.3 Å². The van der Waals surface area contributed by atoms with Gasteiger partial charge in [0.25, 0.3) is 10.0 Å². The van der Waals surface area contributed by atoms with Gasteiger partial charge in [-0.2, -0.15) is 4.31 Å². The average molecular weight is 459 g/mol. The third-order valence-electron chi connectivity index (χ3n) is 5.39. The molecular weight excluding hydrogens is 432 g/mol. The number of rotatable bonds is 8. The molecule has 0 bridgehead atoms. The molecule has 9 heteroatoms. The standard InChI is InChI=1S/C22H26N4O3S2/c27-21(24-15-18-6-2-3-7-19(18)16-25-13-10-23-17-25)14-20-8-9-22(30-20)31(28,29)26-11-4-1-5-12-26/h2-3,6-10,13,17H,1,4-5,11-12,14-16H2,(H,24,27). The van der Waals surface area contributed by atoms with Crippen LogP contribution in [0.5, 0.6) is 0 Å². The van der Waals surface area contributed by atoms with E-state index in [1.807, 2.05) is 35.0 Å². The zero-order valence-electron chi connectivity index (χ0n) is 17.2. The van der Waals surface area contributed by atoms with Gasteiger partial charge in [0.05, 0.1) is 12.7 Å². The Bertz CT molecular complexity index is 1120. The summed E-state index contributed by atoms with van der Waals surface area (Å²) in [5.41, 5.74) is 2.16. The van der Waals surface area contributed by atoms with Crippen LogP contribution < -0.4 is 5.32 Å². The molecule has 0 spiro atoms. The molecule has 1 N–H and O–H groups in total. The lowest BCUT2D eigenvalue weighted by Gasteiger charge is -2.25. The number of piperidine rings is 1. The van der Waals surface area contributed by atoms with Gasteiger partial charge in [0.2, 0.25) is 5.91 Å². The Morgan fingerprint density at radius 3 is 2.58 bits per heavy atom. The van der Waals surface area contributed by atoms with Crippen molar-refractivity contribution in [3.63, 3.8) is 0 Å². The number of nitrogens with one attached hydrogen (secondary N) is 1. The summed E-state index contributed by atoms with van der Waals surface area (Å²) in [5, 5.41) is 2.96. The first-order valence-electron chi connectivity index (χ1n) is 10.4. The number of amides is 1. The summed E-state index contributed by atoms with van der Waals surface area (Å²) in [4.78, 5) is 17.3. The molecule has 1 fully saturated rings. The first-order chi connectivity index (χ1) is 15.0. The first-order valence-corrected chi connectivity index (χ1v) is 12.7. The molecule has 0 atom stereocenters. The van der Waals surface area contributed by atoms with Gasteiger partial charge in [0.1, 0.15) is 4.21 Å². The second-order valence-electron chi connectivity index (χ2n) is 7.64. The average Bonchev–Trinajstić information content (AvgIpc) is 3.46. The summed E-state index contributed by atoms with van der Waals surface area (Å²) in [6.07, 6.45) is 8.47. The van der Waals surface area contributed by atoms with Crippen LogP contribution in [-0.2, 0) is 34.3 Å². The predicted octanol–water partition coefficient (Wildman–Crippen LogP) is 3.03. The number of carbonyl (C=O) groups is 1. The van der Waals surface area contributed by atoms with E-state index in [9.17, 15) is 13.2 Å². The van der Waals surface area contributed by atoms with Gasteiger partial charge in [-0.05, 0) is 36.1 Å². The molecule has 1 amide bonds. The predicted molar refractivity (Wildman–Crippen MR) is 120 cm³/mol. The lowest BCUT2D eigenvalue weighted by Crippen LogP contribution is -2.35. The smallest absolute Gasteiger partial charge is 0.252 e. The van der Waals surface area contributed by atoms with Crippen molar-refractivity contribution in [1.82, 2.24) is 19.2 Å². The largest absolute Gasteiger partial charge is 0.352 e. The van der Waals surface area contributed by atoms with Gasteiger partial charge >= 0.3 is 0 Å². The van der Waals surface area contributed by atoms with Crippen molar-refractivity contribution in [2.75, 3.05) is 13.1 Å². The Morgan fingerprint density at radius 1 is 1.06 bits per heavy atom. The summed E-state index contributed by atoms with van der Waals surface area (Å²) in [6.45, 7) is 2.27. The summed E-state index contributed by atoms with van der Waals surface area (Å²) in [7, 11) is -3.45. The van der Waals surface area contributed by atoms with Crippen LogP contribution in [0, 0.1) is 0 Å². The normalized spacial score (nSPS) is 15.1. The fourth-order valence-corrected chi connectivity index (χ4v) is 6.73. The number of hydrogen-bond donors (Lipinski definition) is 1. The van der Waals surface area contributed by atoms with Crippen LogP contribution >= 0.6 is 11.3 Å². The van der Waals surface area contributed by atoms with E-state index in [-0.39, 0.29) is 12.3 Å². The van der Waals surface area contributed by atoms with Crippen molar-refractivity contribution in [2.24, 2.45) is 0 Å². The van der Waals surface area contributed by atoms with Crippen molar-refractivity contribution < 1.29 is 13.2 Å². The van der Waals surface area contributed by atoms with E-state index in [4.69, 9.17) is 0 Å². The molecule has 0 aliphatic carbocycles. The van der Waals surface area contributed by atoms with Gasteiger partial charge in [0.15, 0.2) is 0 Å². The zero-order chi connectivity index (χ0) is 21.7. The van der Waals surface area contributed by atoms with Gasteiger partial charge in [-0.25, -0.2) is 13.4 Å². The summed E-state index contributed by atoms with van der Waals surface area (Å²) >= 11 is 1.19. The molecule has 4 rings (SSSR count). The minimum Gasteiger partial charge on any atom is -0.352 e. The van der Waals surface area contributed by atoms with Crippen molar-refractivity contribution in [3.05, 3.63) is 71.1 Å². The van der Waals surface area contributed by atoms with Crippen molar-refractivity contribution in [1.29, 1.82) is 0 Å². The Labute approximate surface area is 186 Å². The maximum absolute atomic E-state index is 12.8. The molecule has 0 unspecified atom stereocenters. The van der Waals surface area contributed by atoms with Crippen LogP contribution in [0.2, 0.25) is 0 Å². The molecule has 3 heterocycles. The molecule has 1 aliphatic rings. The van der Waals surface area contributed by atoms with E-state index in [0.29, 0.717) is 30.4 Å². The second kappa shape index (κ2) is 9.76. The molecule has 0 saturated carbocycles. The molecule has 1 aliphatic heterocycles. The van der Waals surface area contributed by atoms with E-state index in [1.54, 1.807) is 29.0 Å². The molecule has 164 valence electrons. The summed E-state index contributed by atoms with van der Waals surface area (Å²) in [6, 6.07) is 11.3. The lowest BCUT2D eigenvalue weighted by molar-refractivity contribution is -0.120. The highest BCUT2D eigenvalue weighted by Crippen LogP contribution is 2.27. The van der Waals surface area contributed by atoms with Crippen LogP contribution in [0.4, 0.5) is 0 Å². The molecule has 0 radical (unpaired) electrons. The quantitative estimate of drug-likeness (QED) is 0.562. The summed E-state index contributed by atoms with van der Waals surface area (Å²) in [5.74, 6) is -0.124. The van der Waals surface area contributed by atoms with Crippen molar-refractivity contribution >= 4 is 27.3 Å². The van der Waals surface area contributed by atoms with Crippen LogP contribution in [-0.4, -0.2) is 41.3 Å². The molecule has 2 aromatic heterocycles. The minimum atomic E-state index is -3.45. The highest BCUT2D eigenvalue weighted by molar-refractivity contribution is 7.91. The maximum Gasteiger partial charge on any atom is 0.252 e. The Morgan fingerprint density at radius 2 is 1.84 bits per heavy atom. The third kappa shape index (κ3) is 5.41. The van der Waals surface area contributed by atoms with Gasteiger partial charge < -0.3 is 9.88 Å². The van der Waals surface area contributed by atoms with Gasteiger partial charge in [0, 0.05) is 43.4 Å². The van der Waals surface area contributed by atoms with E-state index in [0.717, 1.165) is 35.3 Å². The number of aromatic nitrogens is 2. The first kappa shape index (κ1) is 21.7. The van der Waals surface area contributed by atoms with Crippen molar-refractivity contribution in [3.8, 4) is 0 Å². The monoisotopic (exact) mass is 458 g/mol. The van der Waals surface area contributed by atoms with E-state index in [2.05, 4.69) is 10.3 Å². The minimum absolute atomic E-state index is 0.124. The van der Waals surface area contributed by atoms with Gasteiger partial charge in [-0.15, -0.1) is 11.3 Å². The Kier molecular flexibility index (Phi) is 6.84. The van der Waals surface area contributed by atoms with Crippen LogP contribution in [0.3, 0.4) is 0 Å². The number of sulfonamides is 1. The molecular formula is C22H26N4O3S2. The van der Waals surface area contributed by atoms with E-state index in [1.165, 1.54) is 11.3 Å². The summed E-state index contributed by atoms with van der Waals surface area (Å²) < 4.78 is 29.5. The number of hydrogen-bond acceptors (Lipinski definition) is 5. The van der Waals surface area contributed by atoms with Gasteiger partial charge in [-0.1, -0.05) is 30.7 Å². The highest BCUT2D eigenvalue weighted by Gasteiger charge is 2.27. The van der Waals surface area contributed by atoms with E-state index >= 15 is 0 Å². The molecule has 7 nitrogen and oxygen atoms in total. The number of carbonyl (C=O) groups excluding carboxylic acids is 1. The van der Waals surface area contributed by atoms with Crippen molar-refractivity contribution in [2.45, 2.75) is 43.0 Å². The third-order valence-corrected chi connectivity index (χ3v) is 8.84. The molecule has 31 heavy (non-hydrogen) atoms. The fourth-order valence-electron chi connectivity index (χ4n) is 3.70.